The number of rotatable bonds is 5. The highest BCUT2D eigenvalue weighted by molar-refractivity contribution is 5.27. The first-order valence-electron chi connectivity index (χ1n) is 9.71. The van der Waals surface area contributed by atoms with Crippen molar-refractivity contribution in [1.29, 1.82) is 0 Å². The summed E-state index contributed by atoms with van der Waals surface area (Å²) in [6.45, 7) is 11.3. The zero-order valence-electron chi connectivity index (χ0n) is 15.6. The predicted molar refractivity (Wildman–Crippen MR) is 97.5 cm³/mol. The molecule has 3 rings (SSSR count). The van der Waals surface area contributed by atoms with Gasteiger partial charge in [-0.2, -0.15) is 0 Å². The van der Waals surface area contributed by atoms with Crippen LogP contribution in [0.2, 0.25) is 0 Å². The van der Waals surface area contributed by atoms with Crippen LogP contribution in [0.4, 0.5) is 0 Å². The van der Waals surface area contributed by atoms with Crippen molar-refractivity contribution in [1.82, 2.24) is 0 Å². The number of quaternary nitrogens is 1. The molecule has 2 heterocycles. The molecule has 2 aliphatic rings. The molecule has 3 nitrogen and oxygen atoms in total. The molecule has 2 atom stereocenters. The van der Waals surface area contributed by atoms with Crippen molar-refractivity contribution in [3.05, 3.63) is 35.4 Å². The van der Waals surface area contributed by atoms with E-state index in [4.69, 9.17) is 9.47 Å². The molecule has 2 fully saturated rings. The Morgan fingerprint density at radius 3 is 2.42 bits per heavy atom. The Morgan fingerprint density at radius 2 is 1.75 bits per heavy atom. The van der Waals surface area contributed by atoms with Gasteiger partial charge in [-0.1, -0.05) is 45.0 Å². The van der Waals surface area contributed by atoms with Gasteiger partial charge in [0.05, 0.1) is 19.7 Å². The van der Waals surface area contributed by atoms with Crippen LogP contribution in [0.1, 0.15) is 57.6 Å². The number of piperidine rings is 1. The van der Waals surface area contributed by atoms with Gasteiger partial charge in [-0.15, -0.1) is 0 Å². The second kappa shape index (κ2) is 7.99. The molecule has 0 unspecified atom stereocenters. The molecule has 0 aromatic heterocycles. The fourth-order valence-electron chi connectivity index (χ4n) is 3.80. The van der Waals surface area contributed by atoms with Crippen LogP contribution in [0.15, 0.2) is 24.3 Å². The quantitative estimate of drug-likeness (QED) is 0.896. The summed E-state index contributed by atoms with van der Waals surface area (Å²) < 4.78 is 12.0. The summed E-state index contributed by atoms with van der Waals surface area (Å²) in [5.74, 6) is 0. The number of ether oxygens (including phenoxy) is 2. The zero-order valence-corrected chi connectivity index (χ0v) is 15.6. The third-order valence-corrected chi connectivity index (χ3v) is 5.38. The van der Waals surface area contributed by atoms with Crippen LogP contribution in [0, 0.1) is 0 Å². The average Bonchev–Trinajstić information content (AvgIpc) is 3.01. The van der Waals surface area contributed by atoms with Crippen molar-refractivity contribution in [3.8, 4) is 0 Å². The van der Waals surface area contributed by atoms with Crippen LogP contribution < -0.4 is 4.90 Å². The first-order chi connectivity index (χ1) is 11.5. The lowest BCUT2D eigenvalue weighted by Gasteiger charge is -2.25. The van der Waals surface area contributed by atoms with Crippen LogP contribution in [0.5, 0.6) is 0 Å². The first kappa shape index (κ1) is 17.9. The van der Waals surface area contributed by atoms with E-state index in [0.717, 1.165) is 26.0 Å². The molecule has 1 N–H and O–H groups in total. The summed E-state index contributed by atoms with van der Waals surface area (Å²) in [7, 11) is 0. The van der Waals surface area contributed by atoms with Crippen molar-refractivity contribution in [2.75, 3.05) is 26.2 Å². The van der Waals surface area contributed by atoms with Gasteiger partial charge >= 0.3 is 0 Å². The van der Waals surface area contributed by atoms with Crippen LogP contribution in [0.3, 0.4) is 0 Å². The van der Waals surface area contributed by atoms with Gasteiger partial charge in [0, 0.05) is 6.42 Å². The third kappa shape index (κ3) is 5.05. The molecule has 1 aromatic carbocycles. The molecule has 0 spiro atoms. The second-order valence-electron chi connectivity index (χ2n) is 8.52. The van der Waals surface area contributed by atoms with E-state index in [1.165, 1.54) is 43.5 Å². The maximum absolute atomic E-state index is 6.12. The Hall–Kier alpha value is -0.900. The van der Waals surface area contributed by atoms with E-state index >= 15 is 0 Å². The number of likely N-dealkylation sites (tertiary alicyclic amines) is 1. The lowest BCUT2D eigenvalue weighted by molar-refractivity contribution is -0.907. The van der Waals surface area contributed by atoms with Crippen molar-refractivity contribution in [3.63, 3.8) is 0 Å². The molecule has 0 saturated carbocycles. The predicted octanol–water partition coefficient (Wildman–Crippen LogP) is 2.73. The summed E-state index contributed by atoms with van der Waals surface area (Å²) in [4.78, 5) is 1.70. The van der Waals surface area contributed by atoms with Crippen LogP contribution >= 0.6 is 0 Å². The van der Waals surface area contributed by atoms with Crippen LogP contribution in [0.25, 0.3) is 0 Å². The largest absolute Gasteiger partial charge is 0.350 e. The summed E-state index contributed by atoms with van der Waals surface area (Å²) in [6, 6.07) is 9.03. The molecule has 2 saturated heterocycles. The van der Waals surface area contributed by atoms with E-state index in [1.807, 2.05) is 0 Å². The fraction of sp³-hybridized carbons (Fsp3) is 0.714. The molecule has 2 aliphatic heterocycles. The minimum atomic E-state index is -0.0125. The lowest BCUT2D eigenvalue weighted by Crippen LogP contribution is -3.13. The molecule has 0 bridgehead atoms. The van der Waals surface area contributed by atoms with Gasteiger partial charge in [0.1, 0.15) is 12.6 Å². The average molecular weight is 333 g/mol. The maximum Gasteiger partial charge on any atom is 0.158 e. The molecular weight excluding hydrogens is 298 g/mol. The normalized spacial score (nSPS) is 26.0. The van der Waals surface area contributed by atoms with Gasteiger partial charge in [0.15, 0.2) is 6.29 Å². The lowest BCUT2D eigenvalue weighted by atomic mass is 9.86. The van der Waals surface area contributed by atoms with Crippen LogP contribution in [-0.2, 0) is 21.3 Å². The SMILES string of the molecule is CC(C)(C)c1ccc(CC[C@H]2OC[C@@H](C[NH+]3CCCCC3)O2)cc1. The minimum Gasteiger partial charge on any atom is -0.350 e. The zero-order chi connectivity index (χ0) is 17.0. The minimum absolute atomic E-state index is 0.0125. The second-order valence-corrected chi connectivity index (χ2v) is 8.52. The number of aryl methyl sites for hydroxylation is 1. The Morgan fingerprint density at radius 1 is 1.04 bits per heavy atom. The van der Waals surface area contributed by atoms with Gasteiger partial charge in [0.2, 0.25) is 0 Å². The molecule has 24 heavy (non-hydrogen) atoms. The molecule has 3 heteroatoms. The first-order valence-corrected chi connectivity index (χ1v) is 9.71. The number of hydrogen-bond donors (Lipinski definition) is 1. The summed E-state index contributed by atoms with van der Waals surface area (Å²) >= 11 is 0. The maximum atomic E-state index is 6.12. The fourth-order valence-corrected chi connectivity index (χ4v) is 3.80. The Bertz CT molecular complexity index is 500. The van der Waals surface area contributed by atoms with E-state index in [9.17, 15) is 0 Å². The monoisotopic (exact) mass is 332 g/mol. The van der Waals surface area contributed by atoms with Crippen molar-refractivity contribution in [2.24, 2.45) is 0 Å². The summed E-state index contributed by atoms with van der Waals surface area (Å²) in [5.41, 5.74) is 2.99. The van der Waals surface area contributed by atoms with E-state index in [2.05, 4.69) is 45.0 Å². The number of nitrogens with one attached hydrogen (secondary N) is 1. The third-order valence-electron chi connectivity index (χ3n) is 5.38. The Balaban J connectivity index is 1.41. The highest BCUT2D eigenvalue weighted by Gasteiger charge is 2.29. The smallest absolute Gasteiger partial charge is 0.158 e. The molecular formula is C21H34NO2+. The molecule has 0 aliphatic carbocycles. The van der Waals surface area contributed by atoms with Gasteiger partial charge < -0.3 is 14.4 Å². The van der Waals surface area contributed by atoms with Gasteiger partial charge in [-0.3, -0.25) is 0 Å². The van der Waals surface area contributed by atoms with E-state index in [1.54, 1.807) is 4.90 Å². The molecule has 134 valence electrons. The van der Waals surface area contributed by atoms with Gasteiger partial charge in [-0.05, 0) is 42.2 Å². The highest BCUT2D eigenvalue weighted by Crippen LogP contribution is 2.23. The molecule has 1 aromatic rings. The standard InChI is InChI=1S/C21H33NO2/c1-21(2,3)18-10-7-17(8-11-18)9-12-20-23-16-19(24-20)15-22-13-5-4-6-14-22/h7-8,10-11,19-20H,4-6,9,12-16H2,1-3H3/p+1/t19-,20+/m1/s1. The topological polar surface area (TPSA) is 22.9 Å². The highest BCUT2D eigenvalue weighted by atomic mass is 16.7. The molecule has 0 amide bonds. The Kier molecular flexibility index (Phi) is 5.96. The van der Waals surface area contributed by atoms with E-state index in [-0.39, 0.29) is 11.7 Å². The van der Waals surface area contributed by atoms with E-state index in [0.29, 0.717) is 6.10 Å². The van der Waals surface area contributed by atoms with E-state index < -0.39 is 0 Å². The Labute approximate surface area is 147 Å². The summed E-state index contributed by atoms with van der Waals surface area (Å²) in [6.07, 6.45) is 6.42. The van der Waals surface area contributed by atoms with Crippen LogP contribution in [-0.4, -0.2) is 38.6 Å². The molecule has 0 radical (unpaired) electrons. The van der Waals surface area contributed by atoms with Gasteiger partial charge in [-0.25, -0.2) is 0 Å². The number of benzene rings is 1. The van der Waals surface area contributed by atoms with Gasteiger partial charge in [0.25, 0.3) is 0 Å². The summed E-state index contributed by atoms with van der Waals surface area (Å²) in [5, 5.41) is 0. The van der Waals surface area contributed by atoms with Crippen molar-refractivity contribution >= 4 is 0 Å². The van der Waals surface area contributed by atoms with Crippen molar-refractivity contribution < 1.29 is 14.4 Å². The number of hydrogen-bond acceptors (Lipinski definition) is 2. The van der Waals surface area contributed by atoms with Crippen molar-refractivity contribution in [2.45, 2.75) is 70.7 Å².